The van der Waals surface area contributed by atoms with Gasteiger partial charge in [-0.1, -0.05) is 22.0 Å². The summed E-state index contributed by atoms with van der Waals surface area (Å²) in [6.07, 6.45) is 2.84. The molecule has 82 valence electrons. The van der Waals surface area contributed by atoms with Crippen LogP contribution in [0.25, 0.3) is 0 Å². The summed E-state index contributed by atoms with van der Waals surface area (Å²) in [7, 11) is 0. The Morgan fingerprint density at radius 1 is 1.40 bits per heavy atom. The fourth-order valence-electron chi connectivity index (χ4n) is 1.16. The van der Waals surface area contributed by atoms with E-state index in [1.807, 2.05) is 23.9 Å². The van der Waals surface area contributed by atoms with Crippen LogP contribution in [0, 0.1) is 5.41 Å². The van der Waals surface area contributed by atoms with Crippen LogP contribution in [0.15, 0.2) is 33.6 Å². The molecule has 0 aliphatic carbocycles. The molecule has 0 aromatic heterocycles. The van der Waals surface area contributed by atoms with E-state index in [1.165, 1.54) is 4.90 Å². The van der Waals surface area contributed by atoms with E-state index in [1.54, 1.807) is 0 Å². The number of unbranched alkanes of at least 4 members (excludes halogenated alkanes) is 1. The van der Waals surface area contributed by atoms with E-state index < -0.39 is 0 Å². The number of nitrogens with one attached hydrogen (secondary N) is 1. The first-order valence-corrected chi connectivity index (χ1v) is 6.67. The number of thioether (sulfide) groups is 1. The molecule has 0 amide bonds. The Hall–Kier alpha value is -0.480. The summed E-state index contributed by atoms with van der Waals surface area (Å²) in [5, 5.41) is 7.09. The number of hydrogen-bond donors (Lipinski definition) is 2. The molecule has 0 atom stereocenters. The minimum absolute atomic E-state index is 0.294. The molecule has 1 rings (SSSR count). The van der Waals surface area contributed by atoms with Crippen LogP contribution < -0.4 is 5.73 Å². The predicted octanol–water partition coefficient (Wildman–Crippen LogP) is 3.65. The summed E-state index contributed by atoms with van der Waals surface area (Å²) in [5.74, 6) is 1.38. The third-order valence-corrected chi connectivity index (χ3v) is 3.48. The second kappa shape index (κ2) is 6.90. The van der Waals surface area contributed by atoms with Crippen molar-refractivity contribution < 1.29 is 0 Å². The first-order chi connectivity index (χ1) is 7.18. The fraction of sp³-hybridized carbons (Fsp3) is 0.364. The number of nitrogens with two attached hydrogens (primary N) is 1. The van der Waals surface area contributed by atoms with Crippen molar-refractivity contribution in [3.8, 4) is 0 Å². The molecule has 0 bridgehead atoms. The molecule has 1 aromatic carbocycles. The summed E-state index contributed by atoms with van der Waals surface area (Å²) in [6, 6.07) is 8.30. The highest BCUT2D eigenvalue weighted by Crippen LogP contribution is 2.22. The van der Waals surface area contributed by atoms with Crippen LogP contribution in [0.4, 0.5) is 0 Å². The largest absolute Gasteiger partial charge is 0.388 e. The number of benzene rings is 1. The van der Waals surface area contributed by atoms with Crippen LogP contribution in [0.3, 0.4) is 0 Å². The summed E-state index contributed by atoms with van der Waals surface area (Å²) in [4.78, 5) is 1.28. The molecule has 0 aliphatic rings. The van der Waals surface area contributed by atoms with Gasteiger partial charge in [-0.15, -0.1) is 11.8 Å². The molecule has 15 heavy (non-hydrogen) atoms. The van der Waals surface area contributed by atoms with Crippen molar-refractivity contribution in [2.24, 2.45) is 5.73 Å². The minimum atomic E-state index is 0.294. The molecule has 0 fully saturated rings. The Labute approximate surface area is 103 Å². The van der Waals surface area contributed by atoms with Crippen molar-refractivity contribution in [2.45, 2.75) is 24.2 Å². The van der Waals surface area contributed by atoms with Crippen molar-refractivity contribution in [1.82, 2.24) is 0 Å². The van der Waals surface area contributed by atoms with Gasteiger partial charge < -0.3 is 5.73 Å². The maximum absolute atomic E-state index is 7.09. The summed E-state index contributed by atoms with van der Waals surface area (Å²) in [6.45, 7) is 0. The molecule has 0 spiro atoms. The molecule has 0 saturated heterocycles. The summed E-state index contributed by atoms with van der Waals surface area (Å²) < 4.78 is 1.12. The first-order valence-electron chi connectivity index (χ1n) is 4.90. The zero-order valence-electron chi connectivity index (χ0n) is 8.50. The van der Waals surface area contributed by atoms with E-state index >= 15 is 0 Å². The maximum atomic E-state index is 7.09. The Bertz CT molecular complexity index is 328. The van der Waals surface area contributed by atoms with Gasteiger partial charge in [0.1, 0.15) is 0 Å². The SMILES string of the molecule is N=C(N)CCCCSc1cccc(Br)c1. The summed E-state index contributed by atoms with van der Waals surface area (Å²) >= 11 is 5.29. The van der Waals surface area contributed by atoms with E-state index in [4.69, 9.17) is 11.1 Å². The monoisotopic (exact) mass is 286 g/mol. The van der Waals surface area contributed by atoms with Crippen molar-refractivity contribution in [3.05, 3.63) is 28.7 Å². The van der Waals surface area contributed by atoms with Crippen LogP contribution >= 0.6 is 27.7 Å². The smallest absolute Gasteiger partial charge is 0.0905 e. The van der Waals surface area contributed by atoms with E-state index in [9.17, 15) is 0 Å². The number of hydrogen-bond acceptors (Lipinski definition) is 2. The highest BCUT2D eigenvalue weighted by atomic mass is 79.9. The molecular formula is C11H15BrN2S. The van der Waals surface area contributed by atoms with Crippen LogP contribution in [-0.4, -0.2) is 11.6 Å². The van der Waals surface area contributed by atoms with Crippen molar-refractivity contribution in [3.63, 3.8) is 0 Å². The number of amidine groups is 1. The number of rotatable bonds is 6. The highest BCUT2D eigenvalue weighted by molar-refractivity contribution is 9.10. The zero-order valence-corrected chi connectivity index (χ0v) is 10.9. The lowest BCUT2D eigenvalue weighted by Gasteiger charge is -2.02. The molecule has 0 unspecified atom stereocenters. The van der Waals surface area contributed by atoms with Gasteiger partial charge in [0.15, 0.2) is 0 Å². The lowest BCUT2D eigenvalue weighted by atomic mass is 10.2. The molecule has 0 aliphatic heterocycles. The van der Waals surface area contributed by atoms with Gasteiger partial charge in [0.05, 0.1) is 5.84 Å². The quantitative estimate of drug-likeness (QED) is 0.363. The van der Waals surface area contributed by atoms with Crippen LogP contribution in [-0.2, 0) is 0 Å². The lowest BCUT2D eigenvalue weighted by molar-refractivity contribution is 0.837. The van der Waals surface area contributed by atoms with Crippen LogP contribution in [0.2, 0.25) is 0 Å². The van der Waals surface area contributed by atoms with Crippen molar-refractivity contribution in [1.29, 1.82) is 5.41 Å². The van der Waals surface area contributed by atoms with Crippen LogP contribution in [0.1, 0.15) is 19.3 Å². The van der Waals surface area contributed by atoms with Gasteiger partial charge in [0, 0.05) is 15.8 Å². The van der Waals surface area contributed by atoms with Gasteiger partial charge in [-0.25, -0.2) is 0 Å². The van der Waals surface area contributed by atoms with Crippen molar-refractivity contribution >= 4 is 33.5 Å². The Morgan fingerprint density at radius 3 is 2.87 bits per heavy atom. The van der Waals surface area contributed by atoms with Gasteiger partial charge >= 0.3 is 0 Å². The van der Waals surface area contributed by atoms with Gasteiger partial charge in [0.25, 0.3) is 0 Å². The molecule has 0 saturated carbocycles. The van der Waals surface area contributed by atoms with E-state index in [0.717, 1.165) is 29.5 Å². The Balaban J connectivity index is 2.17. The third kappa shape index (κ3) is 5.85. The van der Waals surface area contributed by atoms with Crippen molar-refractivity contribution in [2.75, 3.05) is 5.75 Å². The normalized spacial score (nSPS) is 10.2. The van der Waals surface area contributed by atoms with Gasteiger partial charge in [-0.2, -0.15) is 0 Å². The van der Waals surface area contributed by atoms with Crippen LogP contribution in [0.5, 0.6) is 0 Å². The molecule has 3 N–H and O–H groups in total. The average Bonchev–Trinajstić information content (AvgIpc) is 2.17. The Morgan fingerprint density at radius 2 is 2.20 bits per heavy atom. The topological polar surface area (TPSA) is 49.9 Å². The standard InChI is InChI=1S/C11H15BrN2S/c12-9-4-3-5-10(8-9)15-7-2-1-6-11(13)14/h3-5,8H,1-2,6-7H2,(H3,13,14). The predicted molar refractivity (Wildman–Crippen MR) is 70.6 cm³/mol. The highest BCUT2D eigenvalue weighted by Gasteiger charge is 1.96. The maximum Gasteiger partial charge on any atom is 0.0905 e. The van der Waals surface area contributed by atoms with E-state index in [-0.39, 0.29) is 0 Å². The fourth-order valence-corrected chi connectivity index (χ4v) is 2.68. The molecule has 0 radical (unpaired) electrons. The second-order valence-corrected chi connectivity index (χ2v) is 5.37. The van der Waals surface area contributed by atoms with E-state index in [2.05, 4.69) is 28.1 Å². The van der Waals surface area contributed by atoms with Gasteiger partial charge in [-0.3, -0.25) is 5.41 Å². The third-order valence-electron chi connectivity index (χ3n) is 1.91. The zero-order chi connectivity index (χ0) is 11.1. The minimum Gasteiger partial charge on any atom is -0.388 e. The summed E-state index contributed by atoms with van der Waals surface area (Å²) in [5.41, 5.74) is 5.28. The second-order valence-electron chi connectivity index (χ2n) is 3.29. The molecule has 4 heteroatoms. The van der Waals surface area contributed by atoms with E-state index in [0.29, 0.717) is 5.84 Å². The molecule has 0 heterocycles. The molecule has 2 nitrogen and oxygen atoms in total. The Kier molecular flexibility index (Phi) is 5.79. The lowest BCUT2D eigenvalue weighted by Crippen LogP contribution is -2.08. The van der Waals surface area contributed by atoms with Gasteiger partial charge in [0.2, 0.25) is 0 Å². The average molecular weight is 287 g/mol. The number of halogens is 1. The molecule has 1 aromatic rings. The molecular weight excluding hydrogens is 272 g/mol. The first kappa shape index (κ1) is 12.6. The van der Waals surface area contributed by atoms with Gasteiger partial charge in [-0.05, 0) is 36.8 Å².